The smallest absolute Gasteiger partial charge is 0.326 e. The first-order valence-corrected chi connectivity index (χ1v) is 7.41. The number of aliphatic carboxylic acids is 1. The molecule has 1 aliphatic rings. The van der Waals surface area contributed by atoms with Gasteiger partial charge >= 0.3 is 5.97 Å². The zero-order valence-corrected chi connectivity index (χ0v) is 12.5. The van der Waals surface area contributed by atoms with Crippen molar-refractivity contribution in [2.75, 3.05) is 6.54 Å². The van der Waals surface area contributed by atoms with Crippen molar-refractivity contribution in [2.24, 2.45) is 0 Å². The first kappa shape index (κ1) is 16.0. The first-order chi connectivity index (χ1) is 10.5. The van der Waals surface area contributed by atoms with E-state index in [0.717, 1.165) is 18.5 Å². The van der Waals surface area contributed by atoms with Gasteiger partial charge in [-0.05, 0) is 30.5 Å². The molecule has 1 fully saturated rings. The second-order valence-electron chi connectivity index (χ2n) is 5.39. The first-order valence-electron chi connectivity index (χ1n) is 7.41. The highest BCUT2D eigenvalue weighted by atomic mass is 16.4. The van der Waals surface area contributed by atoms with Crippen molar-refractivity contribution in [3.05, 3.63) is 35.4 Å². The van der Waals surface area contributed by atoms with E-state index in [1.165, 1.54) is 0 Å². The number of nitrogens with zero attached hydrogens (tertiary/aromatic N) is 1. The lowest BCUT2D eigenvalue weighted by Gasteiger charge is -2.16. The maximum Gasteiger partial charge on any atom is 0.326 e. The lowest BCUT2D eigenvalue weighted by atomic mass is 10.1. The Kier molecular flexibility index (Phi) is 5.14. The molecule has 2 amide bonds. The van der Waals surface area contributed by atoms with Gasteiger partial charge in [0, 0.05) is 25.1 Å². The Hall–Kier alpha value is -2.37. The molecular weight excluding hydrogens is 284 g/mol. The number of hydrogen-bond donors (Lipinski definition) is 2. The molecule has 2 N–H and O–H groups in total. The molecule has 0 bridgehead atoms. The fourth-order valence-corrected chi connectivity index (χ4v) is 2.43. The van der Waals surface area contributed by atoms with Crippen LogP contribution in [0.2, 0.25) is 0 Å². The van der Waals surface area contributed by atoms with Crippen LogP contribution in [-0.4, -0.2) is 40.4 Å². The van der Waals surface area contributed by atoms with Gasteiger partial charge in [0.25, 0.3) is 5.91 Å². The molecule has 1 atom stereocenters. The van der Waals surface area contributed by atoms with E-state index in [0.29, 0.717) is 24.9 Å². The van der Waals surface area contributed by atoms with Crippen LogP contribution >= 0.6 is 0 Å². The Balaban J connectivity index is 1.97. The second-order valence-corrected chi connectivity index (χ2v) is 5.39. The van der Waals surface area contributed by atoms with Crippen molar-refractivity contribution >= 4 is 17.8 Å². The molecule has 1 heterocycles. The number of carboxylic acids is 1. The molecule has 0 radical (unpaired) electrons. The quantitative estimate of drug-likeness (QED) is 0.831. The van der Waals surface area contributed by atoms with Gasteiger partial charge in [-0.25, -0.2) is 4.79 Å². The van der Waals surface area contributed by atoms with E-state index in [9.17, 15) is 14.4 Å². The lowest BCUT2D eigenvalue weighted by Crippen LogP contribution is -2.40. The minimum atomic E-state index is -1.04. The summed E-state index contributed by atoms with van der Waals surface area (Å²) in [5.74, 6) is -1.29. The summed E-state index contributed by atoms with van der Waals surface area (Å²) >= 11 is 0. The third-order valence-corrected chi connectivity index (χ3v) is 3.77. The van der Waals surface area contributed by atoms with E-state index in [1.54, 1.807) is 36.1 Å². The minimum absolute atomic E-state index is 0.161. The molecule has 0 aromatic heterocycles. The van der Waals surface area contributed by atoms with Gasteiger partial charge in [-0.15, -0.1) is 0 Å². The van der Waals surface area contributed by atoms with Crippen LogP contribution in [0.3, 0.4) is 0 Å². The SMILES string of the molecule is CCC(NC(=O)c1ccc(CN2CCCC2=O)cc1)C(=O)O. The number of likely N-dealkylation sites (tertiary alicyclic amines) is 1. The molecule has 22 heavy (non-hydrogen) atoms. The molecule has 1 unspecified atom stereocenters. The number of hydrogen-bond acceptors (Lipinski definition) is 3. The van der Waals surface area contributed by atoms with Crippen LogP contribution in [0.25, 0.3) is 0 Å². The van der Waals surface area contributed by atoms with Crippen molar-refractivity contribution in [3.8, 4) is 0 Å². The number of carbonyl (C=O) groups excluding carboxylic acids is 2. The number of amides is 2. The maximum absolute atomic E-state index is 12.0. The van der Waals surface area contributed by atoms with Crippen LogP contribution in [0.15, 0.2) is 24.3 Å². The number of carboxylic acid groups (broad SMARTS) is 1. The van der Waals surface area contributed by atoms with Crippen LogP contribution in [0.4, 0.5) is 0 Å². The molecule has 1 aromatic carbocycles. The molecule has 6 nitrogen and oxygen atoms in total. The Morgan fingerprint density at radius 3 is 2.50 bits per heavy atom. The van der Waals surface area contributed by atoms with Crippen LogP contribution in [0.5, 0.6) is 0 Å². The fraction of sp³-hybridized carbons (Fsp3) is 0.438. The van der Waals surface area contributed by atoms with Crippen LogP contribution in [0.1, 0.15) is 42.1 Å². The fourth-order valence-electron chi connectivity index (χ4n) is 2.43. The van der Waals surface area contributed by atoms with E-state index in [-0.39, 0.29) is 5.91 Å². The van der Waals surface area contributed by atoms with E-state index in [2.05, 4.69) is 5.32 Å². The normalized spacial score (nSPS) is 15.7. The molecule has 2 rings (SSSR count). The van der Waals surface area contributed by atoms with E-state index in [4.69, 9.17) is 5.11 Å². The molecule has 0 saturated carbocycles. The van der Waals surface area contributed by atoms with Crippen LogP contribution in [-0.2, 0) is 16.1 Å². The number of benzene rings is 1. The van der Waals surface area contributed by atoms with Crippen molar-refractivity contribution < 1.29 is 19.5 Å². The molecule has 0 aliphatic carbocycles. The standard InChI is InChI=1S/C16H20N2O4/c1-2-13(16(21)22)17-15(20)12-7-5-11(6-8-12)10-18-9-3-4-14(18)19/h5-8,13H,2-4,9-10H2,1H3,(H,17,20)(H,21,22). The van der Waals surface area contributed by atoms with Gasteiger partial charge in [-0.2, -0.15) is 0 Å². The lowest BCUT2D eigenvalue weighted by molar-refractivity contribution is -0.139. The topological polar surface area (TPSA) is 86.7 Å². The monoisotopic (exact) mass is 304 g/mol. The van der Waals surface area contributed by atoms with Gasteiger partial charge in [0.15, 0.2) is 0 Å². The summed E-state index contributed by atoms with van der Waals surface area (Å²) in [5, 5.41) is 11.4. The Morgan fingerprint density at radius 2 is 2.00 bits per heavy atom. The third-order valence-electron chi connectivity index (χ3n) is 3.77. The molecule has 1 saturated heterocycles. The predicted octanol–water partition coefficient (Wildman–Crippen LogP) is 1.40. The summed E-state index contributed by atoms with van der Waals surface area (Å²) in [6.07, 6.45) is 1.83. The van der Waals surface area contributed by atoms with Gasteiger partial charge in [-0.1, -0.05) is 19.1 Å². The Bertz CT molecular complexity index is 568. The van der Waals surface area contributed by atoms with Gasteiger partial charge in [-0.3, -0.25) is 9.59 Å². The molecular formula is C16H20N2O4. The highest BCUT2D eigenvalue weighted by Crippen LogP contribution is 2.14. The average Bonchev–Trinajstić information content (AvgIpc) is 2.90. The summed E-state index contributed by atoms with van der Waals surface area (Å²) in [4.78, 5) is 36.3. The zero-order valence-electron chi connectivity index (χ0n) is 12.5. The minimum Gasteiger partial charge on any atom is -0.480 e. The maximum atomic E-state index is 12.0. The van der Waals surface area contributed by atoms with Crippen molar-refractivity contribution in [1.82, 2.24) is 10.2 Å². The number of carbonyl (C=O) groups is 3. The third kappa shape index (κ3) is 3.84. The summed E-state index contributed by atoms with van der Waals surface area (Å²) in [5.41, 5.74) is 1.37. The Morgan fingerprint density at radius 1 is 1.32 bits per heavy atom. The number of nitrogens with one attached hydrogen (secondary N) is 1. The molecule has 118 valence electrons. The van der Waals surface area contributed by atoms with Crippen LogP contribution < -0.4 is 5.32 Å². The van der Waals surface area contributed by atoms with E-state index < -0.39 is 17.9 Å². The van der Waals surface area contributed by atoms with Gasteiger partial charge in [0.1, 0.15) is 6.04 Å². The second kappa shape index (κ2) is 7.06. The molecule has 1 aliphatic heterocycles. The highest BCUT2D eigenvalue weighted by Gasteiger charge is 2.21. The summed E-state index contributed by atoms with van der Waals surface area (Å²) in [7, 11) is 0. The van der Waals surface area contributed by atoms with Crippen molar-refractivity contribution in [3.63, 3.8) is 0 Å². The Labute approximate surface area is 129 Å². The van der Waals surface area contributed by atoms with E-state index >= 15 is 0 Å². The summed E-state index contributed by atoms with van der Waals surface area (Å²) in [6.45, 7) is 3.03. The van der Waals surface area contributed by atoms with Crippen molar-refractivity contribution in [2.45, 2.75) is 38.8 Å². The molecule has 6 heteroatoms. The summed E-state index contributed by atoms with van der Waals surface area (Å²) < 4.78 is 0. The van der Waals surface area contributed by atoms with Gasteiger partial charge in [0.2, 0.25) is 5.91 Å². The molecule has 0 spiro atoms. The van der Waals surface area contributed by atoms with Crippen LogP contribution in [0, 0.1) is 0 Å². The largest absolute Gasteiger partial charge is 0.480 e. The zero-order chi connectivity index (χ0) is 16.1. The van der Waals surface area contributed by atoms with Crippen molar-refractivity contribution in [1.29, 1.82) is 0 Å². The van der Waals surface area contributed by atoms with E-state index in [1.807, 2.05) is 0 Å². The average molecular weight is 304 g/mol. The van der Waals surface area contributed by atoms with Gasteiger partial charge < -0.3 is 15.3 Å². The predicted molar refractivity (Wildman–Crippen MR) is 80.3 cm³/mol. The molecule has 1 aromatic rings. The number of rotatable bonds is 6. The summed E-state index contributed by atoms with van der Waals surface area (Å²) in [6, 6.07) is 6.01. The highest BCUT2D eigenvalue weighted by molar-refractivity contribution is 5.96. The van der Waals surface area contributed by atoms with Gasteiger partial charge in [0.05, 0.1) is 0 Å².